The summed E-state index contributed by atoms with van der Waals surface area (Å²) in [7, 11) is 0. The number of aliphatic hydroxyl groups is 1. The number of nitrogens with two attached hydrogens (primary N) is 2. The van der Waals surface area contributed by atoms with Crippen LogP contribution in [-0.4, -0.2) is 54.4 Å². The van der Waals surface area contributed by atoms with Crippen molar-refractivity contribution in [3.05, 3.63) is 0 Å². The third kappa shape index (κ3) is 7.11. The van der Waals surface area contributed by atoms with Crippen molar-refractivity contribution in [2.45, 2.75) is 12.2 Å². The summed E-state index contributed by atoms with van der Waals surface area (Å²) >= 11 is 0. The standard InChI is InChI=1S/C7H14F3N3O2/c8-7(9,10)4-13(1-2-14)3-5(11)6(12)15/h5,14H,1-4,11H2,(H2,12,15). The summed E-state index contributed by atoms with van der Waals surface area (Å²) < 4.78 is 36.0. The van der Waals surface area contributed by atoms with E-state index >= 15 is 0 Å². The maximum absolute atomic E-state index is 12.0. The fourth-order valence-corrected chi connectivity index (χ4v) is 0.998. The summed E-state index contributed by atoms with van der Waals surface area (Å²) in [5.74, 6) is -0.875. The maximum atomic E-state index is 12.0. The second kappa shape index (κ2) is 5.89. The number of nitrogens with zero attached hydrogens (tertiary/aromatic N) is 1. The SMILES string of the molecule is NC(=O)C(N)CN(CCO)CC(F)(F)F. The number of primary amides is 1. The molecule has 0 heterocycles. The molecule has 5 nitrogen and oxygen atoms in total. The van der Waals surface area contributed by atoms with Gasteiger partial charge < -0.3 is 16.6 Å². The van der Waals surface area contributed by atoms with Gasteiger partial charge in [-0.05, 0) is 0 Å². The molecule has 0 saturated carbocycles. The molecule has 5 N–H and O–H groups in total. The Balaban J connectivity index is 4.21. The van der Waals surface area contributed by atoms with E-state index in [1.165, 1.54) is 0 Å². The molecule has 1 amide bonds. The second-order valence-electron chi connectivity index (χ2n) is 3.08. The molecule has 0 saturated heterocycles. The predicted octanol–water partition coefficient (Wildman–Crippen LogP) is -1.34. The summed E-state index contributed by atoms with van der Waals surface area (Å²) in [6, 6.07) is -1.17. The van der Waals surface area contributed by atoms with Crippen LogP contribution < -0.4 is 11.5 Å². The Kier molecular flexibility index (Phi) is 5.55. The van der Waals surface area contributed by atoms with Gasteiger partial charge in [0.15, 0.2) is 0 Å². The molecular weight excluding hydrogens is 215 g/mol. The third-order valence-corrected chi connectivity index (χ3v) is 1.64. The first-order valence-electron chi connectivity index (χ1n) is 4.21. The highest BCUT2D eigenvalue weighted by atomic mass is 19.4. The Morgan fingerprint density at radius 1 is 1.47 bits per heavy atom. The van der Waals surface area contributed by atoms with Gasteiger partial charge in [-0.15, -0.1) is 0 Å². The van der Waals surface area contributed by atoms with Crippen molar-refractivity contribution >= 4 is 5.91 Å². The Hall–Kier alpha value is -0.860. The van der Waals surface area contributed by atoms with Crippen molar-refractivity contribution in [2.24, 2.45) is 11.5 Å². The van der Waals surface area contributed by atoms with E-state index in [0.717, 1.165) is 4.90 Å². The molecule has 0 aliphatic carbocycles. The summed E-state index contributed by atoms with van der Waals surface area (Å²) in [4.78, 5) is 11.4. The fourth-order valence-electron chi connectivity index (χ4n) is 0.998. The van der Waals surface area contributed by atoms with Gasteiger partial charge in [0, 0.05) is 13.1 Å². The average molecular weight is 229 g/mol. The zero-order chi connectivity index (χ0) is 12.1. The van der Waals surface area contributed by atoms with Crippen LogP contribution in [0.2, 0.25) is 0 Å². The van der Waals surface area contributed by atoms with Gasteiger partial charge in [0.1, 0.15) is 0 Å². The lowest BCUT2D eigenvalue weighted by molar-refractivity contribution is -0.148. The summed E-state index contributed by atoms with van der Waals surface area (Å²) in [6.07, 6.45) is -4.40. The summed E-state index contributed by atoms with van der Waals surface area (Å²) in [6.45, 7) is -2.20. The van der Waals surface area contributed by atoms with Gasteiger partial charge >= 0.3 is 6.18 Å². The number of carbonyl (C=O) groups excluding carboxylic acids is 1. The Labute approximate surface area is 84.8 Å². The number of amides is 1. The molecule has 15 heavy (non-hydrogen) atoms. The number of aliphatic hydroxyl groups excluding tert-OH is 1. The number of hydrogen-bond acceptors (Lipinski definition) is 4. The van der Waals surface area contributed by atoms with Crippen LogP contribution in [0.3, 0.4) is 0 Å². The van der Waals surface area contributed by atoms with Gasteiger partial charge in [-0.1, -0.05) is 0 Å². The molecule has 0 fully saturated rings. The van der Waals surface area contributed by atoms with Gasteiger partial charge in [-0.25, -0.2) is 0 Å². The van der Waals surface area contributed by atoms with E-state index in [1.54, 1.807) is 0 Å². The van der Waals surface area contributed by atoms with Crippen molar-refractivity contribution in [3.8, 4) is 0 Å². The molecule has 0 aliphatic rings. The highest BCUT2D eigenvalue weighted by Gasteiger charge is 2.31. The van der Waals surface area contributed by atoms with Gasteiger partial charge in [0.25, 0.3) is 0 Å². The smallest absolute Gasteiger partial charge is 0.395 e. The second-order valence-corrected chi connectivity index (χ2v) is 3.08. The van der Waals surface area contributed by atoms with Crippen LogP contribution in [0.15, 0.2) is 0 Å². The van der Waals surface area contributed by atoms with Crippen LogP contribution in [0.1, 0.15) is 0 Å². The normalized spacial score (nSPS) is 14.3. The maximum Gasteiger partial charge on any atom is 0.401 e. The Bertz CT molecular complexity index is 210. The van der Waals surface area contributed by atoms with Crippen molar-refractivity contribution in [2.75, 3.05) is 26.2 Å². The molecule has 1 unspecified atom stereocenters. The summed E-state index contributed by atoms with van der Waals surface area (Å²) in [5, 5.41) is 8.52. The first-order chi connectivity index (χ1) is 6.76. The molecule has 0 rings (SSSR count). The van der Waals surface area contributed by atoms with Crippen LogP contribution in [-0.2, 0) is 4.79 Å². The van der Waals surface area contributed by atoms with E-state index < -0.39 is 31.3 Å². The molecule has 8 heteroatoms. The van der Waals surface area contributed by atoms with E-state index in [0.29, 0.717) is 0 Å². The van der Waals surface area contributed by atoms with E-state index in [1.807, 2.05) is 0 Å². The molecule has 0 aliphatic heterocycles. The number of hydrogen-bond donors (Lipinski definition) is 3. The van der Waals surface area contributed by atoms with Gasteiger partial charge in [-0.2, -0.15) is 13.2 Å². The van der Waals surface area contributed by atoms with E-state index in [2.05, 4.69) is 0 Å². The minimum atomic E-state index is -4.40. The van der Waals surface area contributed by atoms with Crippen LogP contribution in [0.4, 0.5) is 13.2 Å². The van der Waals surface area contributed by atoms with Crippen LogP contribution >= 0.6 is 0 Å². The predicted molar refractivity (Wildman–Crippen MR) is 46.8 cm³/mol. The Morgan fingerprint density at radius 2 is 2.00 bits per heavy atom. The topological polar surface area (TPSA) is 92.6 Å². The summed E-state index contributed by atoms with van der Waals surface area (Å²) in [5.41, 5.74) is 10.0. The minimum absolute atomic E-state index is 0.208. The minimum Gasteiger partial charge on any atom is -0.395 e. The monoisotopic (exact) mass is 229 g/mol. The quantitative estimate of drug-likeness (QED) is 0.525. The van der Waals surface area contributed by atoms with Gasteiger partial charge in [0.2, 0.25) is 5.91 Å². The fraction of sp³-hybridized carbons (Fsp3) is 0.857. The Morgan fingerprint density at radius 3 is 2.33 bits per heavy atom. The lowest BCUT2D eigenvalue weighted by Gasteiger charge is -2.24. The number of halogens is 3. The molecule has 0 bridgehead atoms. The number of carbonyl (C=O) groups is 1. The van der Waals surface area contributed by atoms with Crippen molar-refractivity contribution in [1.29, 1.82) is 0 Å². The third-order valence-electron chi connectivity index (χ3n) is 1.64. The van der Waals surface area contributed by atoms with E-state index in [4.69, 9.17) is 16.6 Å². The first-order valence-corrected chi connectivity index (χ1v) is 4.21. The van der Waals surface area contributed by atoms with Gasteiger partial charge in [0.05, 0.1) is 19.2 Å². The van der Waals surface area contributed by atoms with Crippen LogP contribution in [0.5, 0.6) is 0 Å². The van der Waals surface area contributed by atoms with Crippen LogP contribution in [0, 0.1) is 0 Å². The van der Waals surface area contributed by atoms with Crippen molar-refractivity contribution < 1.29 is 23.1 Å². The van der Waals surface area contributed by atoms with Gasteiger partial charge in [-0.3, -0.25) is 9.69 Å². The van der Waals surface area contributed by atoms with Crippen molar-refractivity contribution in [1.82, 2.24) is 4.90 Å². The highest BCUT2D eigenvalue weighted by molar-refractivity contribution is 5.79. The van der Waals surface area contributed by atoms with E-state index in [-0.39, 0.29) is 13.1 Å². The van der Waals surface area contributed by atoms with Crippen LogP contribution in [0.25, 0.3) is 0 Å². The zero-order valence-corrected chi connectivity index (χ0v) is 8.00. The molecular formula is C7H14F3N3O2. The molecule has 0 radical (unpaired) electrons. The first kappa shape index (κ1) is 14.1. The van der Waals surface area contributed by atoms with E-state index in [9.17, 15) is 18.0 Å². The average Bonchev–Trinajstić information content (AvgIpc) is 2.00. The highest BCUT2D eigenvalue weighted by Crippen LogP contribution is 2.16. The lowest BCUT2D eigenvalue weighted by atomic mass is 10.2. The molecule has 0 aromatic rings. The number of alkyl halides is 3. The largest absolute Gasteiger partial charge is 0.401 e. The molecule has 90 valence electrons. The zero-order valence-electron chi connectivity index (χ0n) is 8.00. The molecule has 0 aromatic heterocycles. The van der Waals surface area contributed by atoms with Crippen molar-refractivity contribution in [3.63, 3.8) is 0 Å². The molecule has 0 aromatic carbocycles. The lowest BCUT2D eigenvalue weighted by Crippen LogP contribution is -2.49. The number of rotatable bonds is 6. The molecule has 1 atom stereocenters. The molecule has 0 spiro atoms.